The summed E-state index contributed by atoms with van der Waals surface area (Å²) in [5, 5.41) is 3.42. The Morgan fingerprint density at radius 3 is 3.05 bits per heavy atom. The summed E-state index contributed by atoms with van der Waals surface area (Å²) in [6.45, 7) is 5.87. The van der Waals surface area contributed by atoms with Crippen molar-refractivity contribution in [3.05, 3.63) is 35.6 Å². The van der Waals surface area contributed by atoms with Crippen LogP contribution in [0.25, 0.3) is 0 Å². The molecule has 0 bridgehead atoms. The molecule has 2 unspecified atom stereocenters. The third-order valence-corrected chi connectivity index (χ3v) is 4.44. The third kappa shape index (κ3) is 4.39. The molecule has 0 amide bonds. The molecule has 118 valence electrons. The summed E-state index contributed by atoms with van der Waals surface area (Å²) in [6, 6.07) is 7.32. The van der Waals surface area contributed by atoms with Gasteiger partial charge in [0.25, 0.3) is 0 Å². The van der Waals surface area contributed by atoms with Crippen LogP contribution in [-0.4, -0.2) is 44.3 Å². The number of halogens is 2. The van der Waals surface area contributed by atoms with Crippen molar-refractivity contribution in [3.8, 4) is 0 Å². The highest BCUT2D eigenvalue weighted by atomic mass is 35.5. The van der Waals surface area contributed by atoms with Crippen molar-refractivity contribution in [3.63, 3.8) is 0 Å². The second kappa shape index (κ2) is 8.08. The van der Waals surface area contributed by atoms with Gasteiger partial charge in [-0.15, -0.1) is 12.4 Å². The van der Waals surface area contributed by atoms with Crippen LogP contribution in [0.4, 0.5) is 4.39 Å². The predicted molar refractivity (Wildman–Crippen MR) is 84.4 cm³/mol. The average molecular weight is 315 g/mol. The highest BCUT2D eigenvalue weighted by Gasteiger charge is 2.25. The molecule has 5 heteroatoms. The van der Waals surface area contributed by atoms with Crippen LogP contribution in [0.15, 0.2) is 24.3 Å². The average Bonchev–Trinajstić information content (AvgIpc) is 2.99. The molecule has 2 saturated heterocycles. The molecule has 0 saturated carbocycles. The summed E-state index contributed by atoms with van der Waals surface area (Å²) in [5.41, 5.74) is 1.08. The van der Waals surface area contributed by atoms with Crippen LogP contribution < -0.4 is 5.32 Å². The summed E-state index contributed by atoms with van der Waals surface area (Å²) in [4.78, 5) is 2.49. The molecule has 1 N–H and O–H groups in total. The van der Waals surface area contributed by atoms with Gasteiger partial charge in [-0.3, -0.25) is 4.90 Å². The van der Waals surface area contributed by atoms with Crippen LogP contribution in [-0.2, 0) is 4.74 Å². The SMILES string of the molecule is Cl.Fc1cccc(C2CNCCN2CCC2CCOC2)c1. The van der Waals surface area contributed by atoms with E-state index in [4.69, 9.17) is 4.74 Å². The first-order valence-corrected chi connectivity index (χ1v) is 7.61. The second-order valence-corrected chi connectivity index (χ2v) is 5.83. The number of rotatable bonds is 4. The van der Waals surface area contributed by atoms with Crippen LogP contribution in [0.5, 0.6) is 0 Å². The lowest BCUT2D eigenvalue weighted by Gasteiger charge is -2.37. The largest absolute Gasteiger partial charge is 0.381 e. The summed E-state index contributed by atoms with van der Waals surface area (Å²) >= 11 is 0. The van der Waals surface area contributed by atoms with Crippen LogP contribution in [0.3, 0.4) is 0 Å². The van der Waals surface area contributed by atoms with Crippen LogP contribution in [0, 0.1) is 11.7 Å². The lowest BCUT2D eigenvalue weighted by atomic mass is 10.0. The molecule has 1 aromatic carbocycles. The van der Waals surface area contributed by atoms with Crippen molar-refractivity contribution in [2.75, 3.05) is 39.4 Å². The number of piperazine rings is 1. The molecule has 0 radical (unpaired) electrons. The highest BCUT2D eigenvalue weighted by Crippen LogP contribution is 2.25. The predicted octanol–water partition coefficient (Wildman–Crippen LogP) is 2.62. The number of hydrogen-bond donors (Lipinski definition) is 1. The van der Waals surface area contributed by atoms with Crippen molar-refractivity contribution in [2.45, 2.75) is 18.9 Å². The fourth-order valence-corrected chi connectivity index (χ4v) is 3.22. The van der Waals surface area contributed by atoms with Gasteiger partial charge >= 0.3 is 0 Å². The maximum absolute atomic E-state index is 13.4. The Labute approximate surface area is 132 Å². The van der Waals surface area contributed by atoms with E-state index >= 15 is 0 Å². The van der Waals surface area contributed by atoms with E-state index < -0.39 is 0 Å². The van der Waals surface area contributed by atoms with Crippen LogP contribution >= 0.6 is 12.4 Å². The summed E-state index contributed by atoms with van der Waals surface area (Å²) < 4.78 is 18.9. The first-order chi connectivity index (χ1) is 9.83. The fourth-order valence-electron chi connectivity index (χ4n) is 3.22. The smallest absolute Gasteiger partial charge is 0.123 e. The Balaban J connectivity index is 0.00000161. The van der Waals surface area contributed by atoms with Gasteiger partial charge in [0.15, 0.2) is 0 Å². The van der Waals surface area contributed by atoms with Gasteiger partial charge in [0.2, 0.25) is 0 Å². The van der Waals surface area contributed by atoms with Gasteiger partial charge in [-0.1, -0.05) is 12.1 Å². The van der Waals surface area contributed by atoms with Crippen molar-refractivity contribution in [2.24, 2.45) is 5.92 Å². The summed E-state index contributed by atoms with van der Waals surface area (Å²) in [5.74, 6) is 0.565. The zero-order valence-corrected chi connectivity index (χ0v) is 13.1. The molecule has 3 nitrogen and oxygen atoms in total. The van der Waals surface area contributed by atoms with Gasteiger partial charge in [0.05, 0.1) is 0 Å². The van der Waals surface area contributed by atoms with Crippen molar-refractivity contribution in [1.29, 1.82) is 0 Å². The minimum absolute atomic E-state index is 0. The molecular weight excluding hydrogens is 291 g/mol. The molecule has 2 heterocycles. The van der Waals surface area contributed by atoms with E-state index in [9.17, 15) is 4.39 Å². The first-order valence-electron chi connectivity index (χ1n) is 7.61. The van der Waals surface area contributed by atoms with E-state index in [0.717, 1.165) is 45.0 Å². The van der Waals surface area contributed by atoms with Gasteiger partial charge in [0.1, 0.15) is 5.82 Å². The Morgan fingerprint density at radius 2 is 2.29 bits per heavy atom. The molecule has 21 heavy (non-hydrogen) atoms. The minimum Gasteiger partial charge on any atom is -0.381 e. The zero-order valence-electron chi connectivity index (χ0n) is 12.3. The van der Waals surface area contributed by atoms with E-state index in [1.54, 1.807) is 6.07 Å². The minimum atomic E-state index is -0.141. The number of nitrogens with zero attached hydrogens (tertiary/aromatic N) is 1. The second-order valence-electron chi connectivity index (χ2n) is 5.83. The van der Waals surface area contributed by atoms with Crippen LogP contribution in [0.2, 0.25) is 0 Å². The Morgan fingerprint density at radius 1 is 1.38 bits per heavy atom. The normalized spacial score (nSPS) is 26.5. The first kappa shape index (κ1) is 16.7. The van der Waals surface area contributed by atoms with Gasteiger partial charge in [-0.2, -0.15) is 0 Å². The van der Waals surface area contributed by atoms with E-state index in [2.05, 4.69) is 10.2 Å². The molecule has 2 aliphatic rings. The number of benzene rings is 1. The van der Waals surface area contributed by atoms with Gasteiger partial charge < -0.3 is 10.1 Å². The molecule has 3 rings (SSSR count). The van der Waals surface area contributed by atoms with Gasteiger partial charge in [0, 0.05) is 38.9 Å². The van der Waals surface area contributed by atoms with E-state index in [0.29, 0.717) is 12.0 Å². The Bertz CT molecular complexity index is 440. The molecule has 0 spiro atoms. The molecule has 1 aromatic rings. The van der Waals surface area contributed by atoms with Crippen molar-refractivity contribution >= 4 is 12.4 Å². The number of hydrogen-bond acceptors (Lipinski definition) is 3. The standard InChI is InChI=1S/C16H23FN2O.ClH/c17-15-3-1-2-14(10-15)16-11-18-6-8-19(16)7-4-13-5-9-20-12-13;/h1-3,10,13,16,18H,4-9,11-12H2;1H. The maximum atomic E-state index is 13.4. The topological polar surface area (TPSA) is 24.5 Å². The fraction of sp³-hybridized carbons (Fsp3) is 0.625. The van der Waals surface area contributed by atoms with Gasteiger partial charge in [-0.25, -0.2) is 4.39 Å². The van der Waals surface area contributed by atoms with Crippen molar-refractivity contribution in [1.82, 2.24) is 10.2 Å². The molecule has 2 aliphatic heterocycles. The molecule has 0 aliphatic carbocycles. The van der Waals surface area contributed by atoms with E-state index in [-0.39, 0.29) is 18.2 Å². The number of ether oxygens (including phenoxy) is 1. The van der Waals surface area contributed by atoms with Crippen LogP contribution in [0.1, 0.15) is 24.4 Å². The summed E-state index contributed by atoms with van der Waals surface area (Å²) in [6.07, 6.45) is 2.38. The van der Waals surface area contributed by atoms with E-state index in [1.165, 1.54) is 18.9 Å². The molecular formula is C16H24ClFN2O. The molecule has 2 fully saturated rings. The highest BCUT2D eigenvalue weighted by molar-refractivity contribution is 5.85. The third-order valence-electron chi connectivity index (χ3n) is 4.44. The lowest BCUT2D eigenvalue weighted by molar-refractivity contribution is 0.143. The van der Waals surface area contributed by atoms with Crippen molar-refractivity contribution < 1.29 is 9.13 Å². The Kier molecular flexibility index (Phi) is 6.42. The zero-order chi connectivity index (χ0) is 13.8. The molecule has 2 atom stereocenters. The lowest BCUT2D eigenvalue weighted by Crippen LogP contribution is -2.46. The number of nitrogens with one attached hydrogen (secondary N) is 1. The Hall–Kier alpha value is -0.680. The van der Waals surface area contributed by atoms with Gasteiger partial charge in [-0.05, 0) is 43.0 Å². The summed E-state index contributed by atoms with van der Waals surface area (Å²) in [7, 11) is 0. The molecule has 0 aromatic heterocycles. The quantitative estimate of drug-likeness (QED) is 0.924. The maximum Gasteiger partial charge on any atom is 0.123 e. The monoisotopic (exact) mass is 314 g/mol. The van der Waals surface area contributed by atoms with E-state index in [1.807, 2.05) is 12.1 Å².